The van der Waals surface area contributed by atoms with Crippen molar-refractivity contribution in [2.45, 2.75) is 19.3 Å². The minimum absolute atomic E-state index is 0.0131. The zero-order valence-corrected chi connectivity index (χ0v) is 9.27. The fourth-order valence-corrected chi connectivity index (χ4v) is 1.39. The maximum absolute atomic E-state index is 13.1. The molecule has 1 aromatic rings. The molecule has 0 atom stereocenters. The van der Waals surface area contributed by atoms with E-state index in [4.69, 9.17) is 4.74 Å². The largest absolute Gasteiger partial charge is 0.490 e. The maximum atomic E-state index is 13.1. The Morgan fingerprint density at radius 3 is 2.67 bits per heavy atom. The van der Waals surface area contributed by atoms with Crippen LogP contribution in [-0.4, -0.2) is 12.4 Å². The summed E-state index contributed by atoms with van der Waals surface area (Å²) in [5, 5.41) is 0. The van der Waals surface area contributed by atoms with Crippen LogP contribution in [0.4, 0.5) is 8.78 Å². The number of unbranched alkanes of at least 4 members (excludes halogenated alkanes) is 2. The van der Waals surface area contributed by atoms with Crippen LogP contribution in [0.15, 0.2) is 18.2 Å². The summed E-state index contributed by atoms with van der Waals surface area (Å²) >= 11 is 4.07. The molecular weight excluding hydrogens is 218 g/mol. The minimum atomic E-state index is -0.910. The highest BCUT2D eigenvalue weighted by atomic mass is 32.1. The molecule has 0 fully saturated rings. The Balaban J connectivity index is 2.34. The van der Waals surface area contributed by atoms with Gasteiger partial charge >= 0.3 is 0 Å². The average molecular weight is 232 g/mol. The summed E-state index contributed by atoms with van der Waals surface area (Å²) in [6.45, 7) is 0.411. The van der Waals surface area contributed by atoms with Gasteiger partial charge in [0, 0.05) is 0 Å². The van der Waals surface area contributed by atoms with Crippen molar-refractivity contribution in [1.29, 1.82) is 0 Å². The van der Waals surface area contributed by atoms with Gasteiger partial charge in [-0.1, -0.05) is 6.07 Å². The van der Waals surface area contributed by atoms with Crippen molar-refractivity contribution >= 4 is 12.6 Å². The Morgan fingerprint density at radius 1 is 1.13 bits per heavy atom. The van der Waals surface area contributed by atoms with Crippen LogP contribution in [0, 0.1) is 11.6 Å². The molecule has 0 aliphatic heterocycles. The molecule has 0 amide bonds. The standard InChI is InChI=1S/C11H14F2OS/c12-9-5-4-6-10(11(9)13)14-7-2-1-3-8-15/h4-6,15H,1-3,7-8H2. The lowest BCUT2D eigenvalue weighted by molar-refractivity contribution is 0.286. The molecule has 15 heavy (non-hydrogen) atoms. The number of hydrogen-bond donors (Lipinski definition) is 1. The van der Waals surface area contributed by atoms with Gasteiger partial charge in [-0.2, -0.15) is 17.0 Å². The van der Waals surface area contributed by atoms with Crippen molar-refractivity contribution in [3.8, 4) is 5.75 Å². The Labute approximate surface area is 93.9 Å². The molecule has 0 saturated heterocycles. The second kappa shape index (κ2) is 6.67. The summed E-state index contributed by atoms with van der Waals surface area (Å²) in [5.41, 5.74) is 0. The molecule has 0 radical (unpaired) electrons. The van der Waals surface area contributed by atoms with E-state index < -0.39 is 11.6 Å². The van der Waals surface area contributed by atoms with E-state index in [9.17, 15) is 8.78 Å². The van der Waals surface area contributed by atoms with Crippen LogP contribution >= 0.6 is 12.6 Å². The highest BCUT2D eigenvalue weighted by Gasteiger charge is 2.07. The molecule has 0 aromatic heterocycles. The fourth-order valence-electron chi connectivity index (χ4n) is 1.17. The SMILES string of the molecule is Fc1cccc(OCCCCCS)c1F. The quantitative estimate of drug-likeness (QED) is 0.584. The van der Waals surface area contributed by atoms with Crippen LogP contribution in [0.25, 0.3) is 0 Å². The summed E-state index contributed by atoms with van der Waals surface area (Å²) in [7, 11) is 0. The Bertz CT molecular complexity index is 305. The summed E-state index contributed by atoms with van der Waals surface area (Å²) in [6, 6.07) is 3.93. The molecule has 4 heteroatoms. The number of halogens is 2. The Morgan fingerprint density at radius 2 is 1.93 bits per heavy atom. The molecule has 84 valence electrons. The first-order valence-electron chi connectivity index (χ1n) is 4.93. The van der Waals surface area contributed by atoms with E-state index in [2.05, 4.69) is 12.6 Å². The third-order valence-electron chi connectivity index (χ3n) is 1.98. The van der Waals surface area contributed by atoms with Gasteiger partial charge in [0.05, 0.1) is 6.61 Å². The van der Waals surface area contributed by atoms with E-state index in [-0.39, 0.29) is 5.75 Å². The highest BCUT2D eigenvalue weighted by molar-refractivity contribution is 7.80. The van der Waals surface area contributed by atoms with Crippen LogP contribution < -0.4 is 4.74 Å². The molecule has 0 aliphatic carbocycles. The average Bonchev–Trinajstić information content (AvgIpc) is 2.24. The first-order valence-corrected chi connectivity index (χ1v) is 5.56. The third-order valence-corrected chi connectivity index (χ3v) is 2.29. The molecule has 0 bridgehead atoms. The molecule has 0 unspecified atom stereocenters. The number of hydrogen-bond acceptors (Lipinski definition) is 2. The smallest absolute Gasteiger partial charge is 0.200 e. The van der Waals surface area contributed by atoms with Crippen LogP contribution in [0.2, 0.25) is 0 Å². The van der Waals surface area contributed by atoms with Crippen molar-refractivity contribution in [3.63, 3.8) is 0 Å². The molecular formula is C11H14F2OS. The van der Waals surface area contributed by atoms with E-state index in [1.165, 1.54) is 12.1 Å². The van der Waals surface area contributed by atoms with E-state index in [0.717, 1.165) is 31.1 Å². The number of thiol groups is 1. The van der Waals surface area contributed by atoms with Crippen molar-refractivity contribution < 1.29 is 13.5 Å². The van der Waals surface area contributed by atoms with Gasteiger partial charge in [0.25, 0.3) is 0 Å². The van der Waals surface area contributed by atoms with E-state index in [0.29, 0.717) is 6.61 Å². The molecule has 1 rings (SSSR count). The lowest BCUT2D eigenvalue weighted by atomic mass is 10.2. The second-order valence-electron chi connectivity index (χ2n) is 3.18. The van der Waals surface area contributed by atoms with Gasteiger partial charge in [0.1, 0.15) is 0 Å². The Kier molecular flexibility index (Phi) is 5.47. The van der Waals surface area contributed by atoms with Crippen molar-refractivity contribution in [2.24, 2.45) is 0 Å². The number of rotatable bonds is 6. The van der Waals surface area contributed by atoms with E-state index >= 15 is 0 Å². The predicted octanol–water partition coefficient (Wildman–Crippen LogP) is 3.44. The molecule has 0 saturated carbocycles. The van der Waals surface area contributed by atoms with Crippen LogP contribution in [0.5, 0.6) is 5.75 Å². The van der Waals surface area contributed by atoms with Gasteiger partial charge in [0.15, 0.2) is 11.6 Å². The lowest BCUT2D eigenvalue weighted by Crippen LogP contribution is -2.00. The monoisotopic (exact) mass is 232 g/mol. The summed E-state index contributed by atoms with van der Waals surface area (Å²) in [6.07, 6.45) is 2.83. The predicted molar refractivity (Wildman–Crippen MR) is 59.6 cm³/mol. The summed E-state index contributed by atoms with van der Waals surface area (Å²) in [5.74, 6) is -0.954. The van der Waals surface area contributed by atoms with Crippen LogP contribution in [0.3, 0.4) is 0 Å². The van der Waals surface area contributed by atoms with Gasteiger partial charge in [-0.3, -0.25) is 0 Å². The third kappa shape index (κ3) is 4.08. The molecule has 0 heterocycles. The Hall–Kier alpha value is -0.770. The van der Waals surface area contributed by atoms with Gasteiger partial charge in [-0.25, -0.2) is 4.39 Å². The van der Waals surface area contributed by atoms with Crippen LogP contribution in [0.1, 0.15) is 19.3 Å². The summed E-state index contributed by atoms with van der Waals surface area (Å²) < 4.78 is 30.9. The number of benzene rings is 1. The molecule has 0 spiro atoms. The molecule has 1 aromatic carbocycles. The van der Waals surface area contributed by atoms with Crippen molar-refractivity contribution in [2.75, 3.05) is 12.4 Å². The molecule has 1 nitrogen and oxygen atoms in total. The lowest BCUT2D eigenvalue weighted by Gasteiger charge is -2.06. The van der Waals surface area contributed by atoms with Gasteiger partial charge in [-0.05, 0) is 37.1 Å². The van der Waals surface area contributed by atoms with Crippen molar-refractivity contribution in [1.82, 2.24) is 0 Å². The second-order valence-corrected chi connectivity index (χ2v) is 3.63. The van der Waals surface area contributed by atoms with Crippen LogP contribution in [-0.2, 0) is 0 Å². The van der Waals surface area contributed by atoms with Gasteiger partial charge in [0.2, 0.25) is 5.82 Å². The van der Waals surface area contributed by atoms with Gasteiger partial charge < -0.3 is 4.74 Å². The minimum Gasteiger partial charge on any atom is -0.490 e. The topological polar surface area (TPSA) is 9.23 Å². The first-order chi connectivity index (χ1) is 7.25. The summed E-state index contributed by atoms with van der Waals surface area (Å²) in [4.78, 5) is 0. The normalized spacial score (nSPS) is 10.3. The fraction of sp³-hybridized carbons (Fsp3) is 0.455. The maximum Gasteiger partial charge on any atom is 0.200 e. The van der Waals surface area contributed by atoms with E-state index in [1.54, 1.807) is 0 Å². The highest BCUT2D eigenvalue weighted by Crippen LogP contribution is 2.19. The number of ether oxygens (including phenoxy) is 1. The van der Waals surface area contributed by atoms with E-state index in [1.807, 2.05) is 0 Å². The molecule has 0 N–H and O–H groups in total. The first kappa shape index (κ1) is 12.3. The van der Waals surface area contributed by atoms with Gasteiger partial charge in [-0.15, -0.1) is 0 Å². The molecule has 0 aliphatic rings. The zero-order chi connectivity index (χ0) is 11.1. The van der Waals surface area contributed by atoms with Crippen molar-refractivity contribution in [3.05, 3.63) is 29.8 Å². The zero-order valence-electron chi connectivity index (χ0n) is 8.38.